The summed E-state index contributed by atoms with van der Waals surface area (Å²) in [5, 5.41) is 0. The fourth-order valence-corrected chi connectivity index (χ4v) is 7.59. The Kier molecular flexibility index (Phi) is 7.21. The van der Waals surface area contributed by atoms with Crippen molar-refractivity contribution in [2.75, 3.05) is 18.9 Å². The highest BCUT2D eigenvalue weighted by molar-refractivity contribution is 8.44. The van der Waals surface area contributed by atoms with Crippen LogP contribution in [0.25, 0.3) is 22.3 Å². The van der Waals surface area contributed by atoms with Crippen LogP contribution in [0.5, 0.6) is 0 Å². The molecular weight excluding hydrogens is 657 g/mol. The summed E-state index contributed by atoms with van der Waals surface area (Å²) in [6, 6.07) is 0. The quantitative estimate of drug-likeness (QED) is 0.157. The molecule has 3 fully saturated rings. The predicted molar refractivity (Wildman–Crippen MR) is 145 cm³/mol. The lowest BCUT2D eigenvalue weighted by molar-refractivity contribution is -0.0456. The van der Waals surface area contributed by atoms with Gasteiger partial charge in [-0.3, -0.25) is 28.0 Å². The molecule has 3 saturated heterocycles. The molecule has 19 nitrogen and oxygen atoms in total. The normalized spacial score (nSPS) is 36.1. The maximum absolute atomic E-state index is 15.9. The summed E-state index contributed by atoms with van der Waals surface area (Å²) in [5.41, 5.74) is 5.09. The zero-order chi connectivity index (χ0) is 31.0. The molecule has 0 saturated carbocycles. The Hall–Kier alpha value is -3.15. The van der Waals surface area contributed by atoms with Crippen molar-refractivity contribution in [3.8, 4) is 0 Å². The van der Waals surface area contributed by atoms with Gasteiger partial charge in [0.15, 0.2) is 47.7 Å². The number of rotatable bonds is 2. The first kappa shape index (κ1) is 29.6. The lowest BCUT2D eigenvalue weighted by atomic mass is 10.1. The Morgan fingerprint density at radius 3 is 2.61 bits per heavy atom. The van der Waals surface area contributed by atoms with Gasteiger partial charge in [-0.25, -0.2) is 37.5 Å². The average molecular weight is 679 g/mol. The molecule has 4 aromatic rings. The van der Waals surface area contributed by atoms with E-state index in [0.29, 0.717) is 5.52 Å². The minimum Gasteiger partial charge on any atom is -0.369 e. The minimum absolute atomic E-state index is 0.159. The SMILES string of the molecule is Nc1nc2c(ncn2[C@@H]2O[C@@H]3CO[P@@](=O)(S)O[C@H]4[C@@H](F)[C@H](n5cnc6cncnc65)O[C@@H]4CNS(=O)(=O)O[C@@H]2[C@@H]3F)c(=O)[nH]1. The number of alkyl halides is 2. The highest BCUT2D eigenvalue weighted by atomic mass is 32.7. The molecule has 0 unspecified atom stereocenters. The fourth-order valence-electron chi connectivity index (χ4n) is 5.18. The molecule has 4 N–H and O–H groups in total. The van der Waals surface area contributed by atoms with Gasteiger partial charge in [-0.2, -0.15) is 18.1 Å². The number of hydrogen-bond donors (Lipinski definition) is 4. The van der Waals surface area contributed by atoms with Crippen LogP contribution in [0.15, 0.2) is 30.0 Å². The van der Waals surface area contributed by atoms with E-state index in [9.17, 15) is 17.8 Å². The summed E-state index contributed by atoms with van der Waals surface area (Å²) in [5.74, 6) is -0.298. The number of fused-ring (bicyclic) bond motifs is 5. The molecule has 9 atom stereocenters. The highest BCUT2D eigenvalue weighted by Gasteiger charge is 2.53. The Morgan fingerprint density at radius 1 is 1.05 bits per heavy atom. The molecule has 4 aromatic heterocycles. The van der Waals surface area contributed by atoms with E-state index in [1.54, 1.807) is 0 Å². The third-order valence-electron chi connectivity index (χ3n) is 7.12. The number of nitrogens with one attached hydrogen (secondary N) is 2. The lowest BCUT2D eigenvalue weighted by Gasteiger charge is -2.24. The van der Waals surface area contributed by atoms with E-state index in [1.807, 2.05) is 0 Å². The Balaban J connectivity index is 1.21. The summed E-state index contributed by atoms with van der Waals surface area (Å²) in [6.45, 7) is -5.94. The first-order valence-electron chi connectivity index (χ1n) is 12.7. The van der Waals surface area contributed by atoms with E-state index in [-0.39, 0.29) is 22.8 Å². The van der Waals surface area contributed by atoms with Crippen LogP contribution in [0.3, 0.4) is 0 Å². The van der Waals surface area contributed by atoms with E-state index in [2.05, 4.69) is 46.9 Å². The van der Waals surface area contributed by atoms with Crippen LogP contribution in [0, 0.1) is 0 Å². The van der Waals surface area contributed by atoms with Gasteiger partial charge in [-0.05, 0) is 0 Å². The smallest absolute Gasteiger partial charge is 0.369 e. The molecule has 0 radical (unpaired) electrons. The zero-order valence-electron chi connectivity index (χ0n) is 21.8. The second kappa shape index (κ2) is 10.7. The predicted octanol–water partition coefficient (Wildman–Crippen LogP) is -0.314. The number of aromatic amines is 1. The van der Waals surface area contributed by atoms with Gasteiger partial charge in [0.2, 0.25) is 5.95 Å². The average Bonchev–Trinajstić information content (AvgIpc) is 3.72. The number of nitrogens with two attached hydrogens (primary N) is 1. The van der Waals surface area contributed by atoms with Crippen LogP contribution in [-0.4, -0.2) is 97.4 Å². The lowest BCUT2D eigenvalue weighted by Crippen LogP contribution is -2.43. The third-order valence-corrected chi connectivity index (χ3v) is 9.73. The van der Waals surface area contributed by atoms with E-state index >= 15 is 8.78 Å². The van der Waals surface area contributed by atoms with Gasteiger partial charge in [0.1, 0.15) is 30.2 Å². The van der Waals surface area contributed by atoms with Gasteiger partial charge in [0.05, 0.1) is 25.5 Å². The highest BCUT2D eigenvalue weighted by Crippen LogP contribution is 2.57. The van der Waals surface area contributed by atoms with Crippen molar-refractivity contribution in [1.82, 2.24) is 43.8 Å². The molecular formula is C20H21F2N10O9PS2. The fraction of sp³-hybridized carbons (Fsp3) is 0.500. The summed E-state index contributed by atoms with van der Waals surface area (Å²) in [4.78, 5) is 34.4. The molecule has 2 bridgehead atoms. The summed E-state index contributed by atoms with van der Waals surface area (Å²) in [7, 11) is -4.82. The largest absolute Gasteiger partial charge is 0.386 e. The number of nitrogens with zero attached hydrogens (tertiary/aromatic N) is 7. The molecule has 0 aliphatic carbocycles. The number of imidazole rings is 2. The summed E-state index contributed by atoms with van der Waals surface area (Å²) >= 11 is 3.93. The molecule has 0 aromatic carbocycles. The van der Waals surface area contributed by atoms with Crippen molar-refractivity contribution >= 4 is 57.6 Å². The Morgan fingerprint density at radius 2 is 1.80 bits per heavy atom. The second-order valence-corrected chi connectivity index (χ2v) is 14.1. The van der Waals surface area contributed by atoms with Crippen LogP contribution in [0.1, 0.15) is 12.5 Å². The van der Waals surface area contributed by atoms with Gasteiger partial charge in [-0.15, -0.1) is 0 Å². The molecule has 7 rings (SSSR count). The number of halogens is 2. The maximum Gasteiger partial charge on any atom is 0.386 e. The number of hydrogen-bond acceptors (Lipinski definition) is 15. The third kappa shape index (κ3) is 5.16. The number of nitrogen functional groups attached to an aromatic ring is 1. The van der Waals surface area contributed by atoms with Gasteiger partial charge >= 0.3 is 17.1 Å². The van der Waals surface area contributed by atoms with Crippen molar-refractivity contribution in [3.63, 3.8) is 0 Å². The molecule has 3 aliphatic heterocycles. The van der Waals surface area contributed by atoms with Gasteiger partial charge in [0.25, 0.3) is 5.56 Å². The van der Waals surface area contributed by atoms with Gasteiger partial charge in [-0.1, -0.05) is 12.2 Å². The molecule has 24 heteroatoms. The second-order valence-electron chi connectivity index (χ2n) is 9.88. The zero-order valence-corrected chi connectivity index (χ0v) is 24.4. The topological polar surface area (TPSA) is 243 Å². The van der Waals surface area contributed by atoms with Crippen molar-refractivity contribution in [2.24, 2.45) is 0 Å². The molecule has 0 spiro atoms. The van der Waals surface area contributed by atoms with E-state index in [4.69, 9.17) is 28.4 Å². The number of H-pyrrole nitrogens is 1. The van der Waals surface area contributed by atoms with E-state index in [0.717, 1.165) is 10.9 Å². The Bertz CT molecular complexity index is 1960. The number of anilines is 1. The minimum atomic E-state index is -4.82. The summed E-state index contributed by atoms with van der Waals surface area (Å²) < 4.78 is 103. The first-order valence-corrected chi connectivity index (χ1v) is 16.8. The summed E-state index contributed by atoms with van der Waals surface area (Å²) in [6.07, 6.45) is -9.02. The molecule has 3 aliphatic rings. The van der Waals surface area contributed by atoms with Crippen molar-refractivity contribution in [3.05, 3.63) is 35.5 Å². The van der Waals surface area contributed by atoms with Crippen LogP contribution in [-0.2, 0) is 37.6 Å². The number of ether oxygens (including phenoxy) is 2. The van der Waals surface area contributed by atoms with Crippen molar-refractivity contribution < 1.29 is 44.5 Å². The van der Waals surface area contributed by atoms with Crippen molar-refractivity contribution in [1.29, 1.82) is 0 Å². The van der Waals surface area contributed by atoms with Crippen LogP contribution in [0.2, 0.25) is 0 Å². The Labute approximate surface area is 249 Å². The molecule has 236 valence electrons. The van der Waals surface area contributed by atoms with E-state index < -0.39 is 85.0 Å². The van der Waals surface area contributed by atoms with Gasteiger partial charge in [0, 0.05) is 6.54 Å². The van der Waals surface area contributed by atoms with Crippen molar-refractivity contribution in [2.45, 2.75) is 49.2 Å². The maximum atomic E-state index is 15.9. The molecule has 0 amide bonds. The van der Waals surface area contributed by atoms with E-state index in [1.165, 1.54) is 23.4 Å². The van der Waals surface area contributed by atoms with Crippen LogP contribution in [0.4, 0.5) is 14.7 Å². The van der Waals surface area contributed by atoms with Crippen LogP contribution >= 0.6 is 19.0 Å². The molecule has 44 heavy (non-hydrogen) atoms. The van der Waals surface area contributed by atoms with Crippen LogP contribution < -0.4 is 16.0 Å². The van der Waals surface area contributed by atoms with Gasteiger partial charge < -0.3 is 15.2 Å². The first-order chi connectivity index (χ1) is 20.9. The number of thiol groups is 1. The standard InChI is InChI=1S/C20H21F2N10O9PS2/c21-10-9-3-37-42(34,43)40-13-8(38-18(11(13)22)31-5-26-7-1-24-4-25-15(7)31)2-28-44(35,36)41-14(10)19(39-9)32-6-27-12-16(32)29-20(23)30-17(12)33/h1,4-6,8-11,13-14,18-19,28H,2-3H2,(H,34,43)(H3,23,29,30,33)/t8-,9-,10-,11-,13-,14-,18-,19-,42-/m1/s1. The monoisotopic (exact) mass is 678 g/mol. The number of aromatic nitrogens is 8. The molecule has 7 heterocycles.